The van der Waals surface area contributed by atoms with E-state index in [9.17, 15) is 0 Å². The molecule has 1 heteroatoms. The second kappa shape index (κ2) is 9.01. The predicted octanol–water partition coefficient (Wildman–Crippen LogP) is 12.1. The lowest BCUT2D eigenvalue weighted by atomic mass is 9.59. The van der Waals surface area contributed by atoms with Gasteiger partial charge in [-0.3, -0.25) is 0 Å². The molecule has 0 N–H and O–H groups in total. The maximum Gasteiger partial charge on any atom is 0.0543 e. The Kier molecular flexibility index (Phi) is 4.97. The number of hydrogen-bond acceptors (Lipinski definition) is 0. The van der Waals surface area contributed by atoms with Crippen molar-refractivity contribution in [1.82, 2.24) is 4.57 Å². The fourth-order valence-electron chi connectivity index (χ4n) is 12.5. The van der Waals surface area contributed by atoms with Crippen LogP contribution in [-0.4, -0.2) is 4.57 Å². The third-order valence-electron chi connectivity index (χ3n) is 14.2. The molecule has 6 aliphatic rings. The highest BCUT2D eigenvalue weighted by Gasteiger charge is 2.65. The van der Waals surface area contributed by atoms with Crippen LogP contribution in [0.25, 0.3) is 60.9 Å². The van der Waals surface area contributed by atoms with Gasteiger partial charge in [0, 0.05) is 27.2 Å². The van der Waals surface area contributed by atoms with Crippen LogP contribution in [0.3, 0.4) is 0 Å². The molecule has 0 aliphatic heterocycles. The standard InChI is InChI=1S/C48H39N/c1-47(2)38-13-6-4-12-35(38)46-41(47)15-9-17-45(46)49-43-16-8-5-11-34(43)37-27-30(19-21-44(37)49)29-18-20-40-36(26-29)33-10-3-7-14-39(33)48(40)32-23-28-22-31(25-32)42(48)24-28/h3-21,26-28,31-32,42H,22-25H2,1-2H3. The van der Waals surface area contributed by atoms with E-state index in [4.69, 9.17) is 0 Å². The predicted molar refractivity (Wildman–Crippen MR) is 202 cm³/mol. The molecule has 0 amide bonds. The van der Waals surface area contributed by atoms with E-state index in [1.165, 1.54) is 97.7 Å². The number of nitrogens with zero attached hydrogens (tertiary/aromatic N) is 1. The third-order valence-corrected chi connectivity index (χ3v) is 14.2. The molecular formula is C48H39N. The molecule has 236 valence electrons. The fraction of sp³-hybridized carbons (Fsp3) is 0.250. The van der Waals surface area contributed by atoms with Crippen LogP contribution < -0.4 is 0 Å². The Morgan fingerprint density at radius 2 is 1.24 bits per heavy atom. The monoisotopic (exact) mass is 629 g/mol. The largest absolute Gasteiger partial charge is 0.309 e. The van der Waals surface area contributed by atoms with Gasteiger partial charge in [0.05, 0.1) is 16.7 Å². The summed E-state index contributed by atoms with van der Waals surface area (Å²) >= 11 is 0. The van der Waals surface area contributed by atoms with Crippen molar-refractivity contribution in [3.05, 3.63) is 150 Å². The van der Waals surface area contributed by atoms with E-state index in [2.05, 4.69) is 146 Å². The molecule has 7 aromatic rings. The van der Waals surface area contributed by atoms with Gasteiger partial charge in [-0.05, 0) is 130 Å². The lowest BCUT2D eigenvalue weighted by Gasteiger charge is -2.43. The lowest BCUT2D eigenvalue weighted by Crippen LogP contribution is -2.40. The highest BCUT2D eigenvalue weighted by atomic mass is 15.0. The minimum absolute atomic E-state index is 0.0316. The van der Waals surface area contributed by atoms with Crippen molar-refractivity contribution in [3.63, 3.8) is 0 Å². The van der Waals surface area contributed by atoms with E-state index in [1.54, 1.807) is 11.1 Å². The molecule has 4 bridgehead atoms. The van der Waals surface area contributed by atoms with E-state index in [1.807, 2.05) is 0 Å². The van der Waals surface area contributed by atoms with Crippen LogP contribution in [0.5, 0.6) is 0 Å². The van der Waals surface area contributed by atoms with E-state index >= 15 is 0 Å². The minimum atomic E-state index is -0.0316. The van der Waals surface area contributed by atoms with Crippen LogP contribution in [0.2, 0.25) is 0 Å². The SMILES string of the molecule is CC1(C)c2ccccc2-c2c(-n3c4ccccc4c4cc(-c5ccc6c(c5)-c5ccccc5C65C6CC7CC(C6)C5C7)ccc43)cccc21. The Morgan fingerprint density at radius 3 is 2.14 bits per heavy atom. The van der Waals surface area contributed by atoms with Crippen LogP contribution in [0.1, 0.15) is 61.8 Å². The smallest absolute Gasteiger partial charge is 0.0543 e. The first-order chi connectivity index (χ1) is 24.0. The molecule has 4 fully saturated rings. The molecular weight excluding hydrogens is 591 g/mol. The topological polar surface area (TPSA) is 4.93 Å². The quantitative estimate of drug-likeness (QED) is 0.179. The molecule has 4 saturated carbocycles. The molecule has 5 atom stereocenters. The summed E-state index contributed by atoms with van der Waals surface area (Å²) in [5.41, 5.74) is 18.5. The van der Waals surface area contributed by atoms with Crippen molar-refractivity contribution in [2.24, 2.45) is 23.7 Å². The van der Waals surface area contributed by atoms with Crippen LogP contribution in [0.4, 0.5) is 0 Å². The highest BCUT2D eigenvalue weighted by molar-refractivity contribution is 6.11. The molecule has 13 rings (SSSR count). The molecule has 1 nitrogen and oxygen atoms in total. The van der Waals surface area contributed by atoms with E-state index in [0.29, 0.717) is 0 Å². The maximum absolute atomic E-state index is 2.55. The van der Waals surface area contributed by atoms with Gasteiger partial charge in [-0.1, -0.05) is 111 Å². The summed E-state index contributed by atoms with van der Waals surface area (Å²) < 4.78 is 2.53. The molecule has 49 heavy (non-hydrogen) atoms. The van der Waals surface area contributed by atoms with Gasteiger partial charge in [-0.25, -0.2) is 0 Å². The Bertz CT molecular complexity index is 2580. The molecule has 1 heterocycles. The first-order valence-electron chi connectivity index (χ1n) is 18.5. The summed E-state index contributed by atoms with van der Waals surface area (Å²) in [7, 11) is 0. The average Bonchev–Trinajstić information content (AvgIpc) is 3.85. The van der Waals surface area contributed by atoms with Crippen molar-refractivity contribution in [2.45, 2.75) is 50.4 Å². The number of hydrogen-bond donors (Lipinski definition) is 0. The highest BCUT2D eigenvalue weighted by Crippen LogP contribution is 2.73. The maximum atomic E-state index is 2.55. The Balaban J connectivity index is 1.05. The van der Waals surface area contributed by atoms with Gasteiger partial charge in [-0.2, -0.15) is 0 Å². The zero-order chi connectivity index (χ0) is 32.2. The van der Waals surface area contributed by atoms with Gasteiger partial charge in [0.25, 0.3) is 0 Å². The second-order valence-corrected chi connectivity index (χ2v) is 16.5. The van der Waals surface area contributed by atoms with Crippen LogP contribution in [-0.2, 0) is 10.8 Å². The van der Waals surface area contributed by atoms with Crippen molar-refractivity contribution in [2.75, 3.05) is 0 Å². The van der Waals surface area contributed by atoms with Gasteiger partial charge in [0.2, 0.25) is 0 Å². The van der Waals surface area contributed by atoms with E-state index < -0.39 is 0 Å². The number of rotatable bonds is 2. The zero-order valence-corrected chi connectivity index (χ0v) is 28.2. The van der Waals surface area contributed by atoms with Crippen molar-refractivity contribution in [1.29, 1.82) is 0 Å². The Hall–Kier alpha value is -4.88. The van der Waals surface area contributed by atoms with Crippen molar-refractivity contribution >= 4 is 21.8 Å². The average molecular weight is 630 g/mol. The summed E-state index contributed by atoms with van der Waals surface area (Å²) in [6, 6.07) is 49.2. The summed E-state index contributed by atoms with van der Waals surface area (Å²) in [5.74, 6) is 3.53. The molecule has 5 unspecified atom stereocenters. The summed E-state index contributed by atoms with van der Waals surface area (Å²) in [5, 5.41) is 2.63. The van der Waals surface area contributed by atoms with Gasteiger partial charge in [-0.15, -0.1) is 0 Å². The molecule has 6 aliphatic carbocycles. The minimum Gasteiger partial charge on any atom is -0.309 e. The van der Waals surface area contributed by atoms with Crippen LogP contribution >= 0.6 is 0 Å². The summed E-state index contributed by atoms with van der Waals surface area (Å²) in [6.45, 7) is 4.75. The molecule has 6 aromatic carbocycles. The Morgan fingerprint density at radius 1 is 0.531 bits per heavy atom. The number of para-hydroxylation sites is 1. The van der Waals surface area contributed by atoms with Crippen molar-refractivity contribution < 1.29 is 0 Å². The number of aromatic nitrogens is 1. The Labute approximate surface area is 288 Å². The van der Waals surface area contributed by atoms with Gasteiger partial charge >= 0.3 is 0 Å². The first-order valence-corrected chi connectivity index (χ1v) is 18.5. The summed E-state index contributed by atoms with van der Waals surface area (Å²) in [4.78, 5) is 0. The van der Waals surface area contributed by atoms with E-state index in [-0.39, 0.29) is 10.8 Å². The fourth-order valence-corrected chi connectivity index (χ4v) is 12.5. The van der Waals surface area contributed by atoms with Crippen LogP contribution in [0.15, 0.2) is 127 Å². The molecule has 0 radical (unpaired) electrons. The molecule has 0 saturated heterocycles. The summed E-state index contributed by atoms with van der Waals surface area (Å²) in [6.07, 6.45) is 5.77. The third kappa shape index (κ3) is 3.15. The molecule has 1 aromatic heterocycles. The van der Waals surface area contributed by atoms with Crippen LogP contribution in [0, 0.1) is 23.7 Å². The normalized spacial score (nSPS) is 26.1. The van der Waals surface area contributed by atoms with Gasteiger partial charge in [0.15, 0.2) is 0 Å². The zero-order valence-electron chi connectivity index (χ0n) is 28.2. The first kappa shape index (κ1) is 27.0. The van der Waals surface area contributed by atoms with Crippen molar-refractivity contribution in [3.8, 4) is 39.1 Å². The van der Waals surface area contributed by atoms with Gasteiger partial charge in [0.1, 0.15) is 0 Å². The second-order valence-electron chi connectivity index (χ2n) is 16.5. The number of benzene rings is 6. The van der Waals surface area contributed by atoms with Gasteiger partial charge < -0.3 is 4.57 Å². The van der Waals surface area contributed by atoms with E-state index in [0.717, 1.165) is 23.7 Å². The molecule has 1 spiro atoms. The number of fused-ring (bicyclic) bond motifs is 9. The lowest BCUT2D eigenvalue weighted by molar-refractivity contribution is 0.191.